The summed E-state index contributed by atoms with van der Waals surface area (Å²) in [7, 11) is 2.25. The molecule has 1 saturated carbocycles. The number of pyridine rings is 1. The van der Waals surface area contributed by atoms with Crippen molar-refractivity contribution in [3.05, 3.63) is 23.2 Å². The van der Waals surface area contributed by atoms with Crippen LogP contribution in [0.15, 0.2) is 18.3 Å². The van der Waals surface area contributed by atoms with E-state index in [2.05, 4.69) is 46.2 Å². The number of aryl methyl sites for hydroxylation is 1. The molecule has 1 atom stereocenters. The van der Waals surface area contributed by atoms with Gasteiger partial charge in [-0.3, -0.25) is 4.79 Å². The number of amides is 1. The van der Waals surface area contributed by atoms with Crippen LogP contribution in [0.25, 0.3) is 10.1 Å². The van der Waals surface area contributed by atoms with E-state index in [9.17, 15) is 4.79 Å². The molecule has 0 bridgehead atoms. The van der Waals surface area contributed by atoms with Crippen molar-refractivity contribution < 1.29 is 4.79 Å². The van der Waals surface area contributed by atoms with E-state index >= 15 is 0 Å². The van der Waals surface area contributed by atoms with Crippen molar-refractivity contribution in [1.29, 1.82) is 0 Å². The summed E-state index contributed by atoms with van der Waals surface area (Å²) >= 11 is 1.81. The summed E-state index contributed by atoms with van der Waals surface area (Å²) < 4.78 is 1.28. The highest BCUT2D eigenvalue weighted by Gasteiger charge is 2.27. The molecule has 0 spiro atoms. The molecule has 5 nitrogen and oxygen atoms in total. The topological polar surface area (TPSA) is 48.5 Å². The van der Waals surface area contributed by atoms with Gasteiger partial charge in [-0.05, 0) is 64.8 Å². The molecule has 2 aromatic rings. The lowest BCUT2D eigenvalue weighted by atomic mass is 9.94. The van der Waals surface area contributed by atoms with E-state index in [-0.39, 0.29) is 11.8 Å². The van der Waals surface area contributed by atoms with Crippen molar-refractivity contribution >= 4 is 33.1 Å². The van der Waals surface area contributed by atoms with Gasteiger partial charge >= 0.3 is 0 Å². The zero-order chi connectivity index (χ0) is 20.9. The fourth-order valence-corrected chi connectivity index (χ4v) is 6.01. The maximum atomic E-state index is 12.8. The number of carbonyl (C=O) groups excluding carboxylic acids is 1. The Morgan fingerprint density at radius 3 is 2.93 bits per heavy atom. The van der Waals surface area contributed by atoms with Gasteiger partial charge in [0.2, 0.25) is 5.91 Å². The SMILES string of the molecule is Cc1cc2c(N3CCC[C@@H](C(=O)NCCCN(C)C4CCCCC4)C3)nccc2s1. The smallest absolute Gasteiger partial charge is 0.224 e. The van der Waals surface area contributed by atoms with Crippen molar-refractivity contribution in [2.75, 3.05) is 38.1 Å². The van der Waals surface area contributed by atoms with Gasteiger partial charge in [0.05, 0.1) is 5.92 Å². The first-order valence-corrected chi connectivity index (χ1v) is 12.5. The van der Waals surface area contributed by atoms with Crippen LogP contribution in [-0.4, -0.2) is 55.1 Å². The van der Waals surface area contributed by atoms with Gasteiger partial charge in [0.15, 0.2) is 0 Å². The number of carbonyl (C=O) groups is 1. The van der Waals surface area contributed by atoms with Crippen molar-refractivity contribution in [2.24, 2.45) is 5.92 Å². The monoisotopic (exact) mass is 428 g/mol. The molecule has 30 heavy (non-hydrogen) atoms. The first kappa shape index (κ1) is 21.6. The predicted molar refractivity (Wildman–Crippen MR) is 126 cm³/mol. The van der Waals surface area contributed by atoms with Crippen LogP contribution in [0.2, 0.25) is 0 Å². The minimum atomic E-state index is 0.0617. The van der Waals surface area contributed by atoms with E-state index in [4.69, 9.17) is 0 Å². The highest BCUT2D eigenvalue weighted by atomic mass is 32.1. The summed E-state index contributed by atoms with van der Waals surface area (Å²) in [6, 6.07) is 5.07. The van der Waals surface area contributed by atoms with Gasteiger partial charge in [-0.2, -0.15) is 0 Å². The molecule has 4 rings (SSSR count). The zero-order valence-corrected chi connectivity index (χ0v) is 19.3. The minimum Gasteiger partial charge on any atom is -0.356 e. The van der Waals surface area contributed by atoms with Gasteiger partial charge in [-0.1, -0.05) is 19.3 Å². The van der Waals surface area contributed by atoms with Crippen molar-refractivity contribution in [3.63, 3.8) is 0 Å². The van der Waals surface area contributed by atoms with Crippen molar-refractivity contribution in [2.45, 2.75) is 64.3 Å². The van der Waals surface area contributed by atoms with E-state index in [1.54, 1.807) is 0 Å². The molecule has 1 aliphatic carbocycles. The number of rotatable bonds is 7. The number of hydrogen-bond donors (Lipinski definition) is 1. The molecule has 6 heteroatoms. The van der Waals surface area contributed by atoms with Gasteiger partial charge in [0.1, 0.15) is 5.82 Å². The summed E-state index contributed by atoms with van der Waals surface area (Å²) in [5.74, 6) is 1.32. The minimum absolute atomic E-state index is 0.0617. The zero-order valence-electron chi connectivity index (χ0n) is 18.5. The molecular weight excluding hydrogens is 392 g/mol. The molecule has 0 unspecified atom stereocenters. The van der Waals surface area contributed by atoms with Crippen LogP contribution in [0.3, 0.4) is 0 Å². The van der Waals surface area contributed by atoms with Crippen LogP contribution >= 0.6 is 11.3 Å². The Balaban J connectivity index is 1.26. The lowest BCUT2D eigenvalue weighted by Crippen LogP contribution is -2.44. The molecule has 1 N–H and O–H groups in total. The molecule has 3 heterocycles. The molecule has 2 fully saturated rings. The lowest BCUT2D eigenvalue weighted by Gasteiger charge is -2.33. The molecule has 2 aromatic heterocycles. The second kappa shape index (κ2) is 10.1. The van der Waals surface area contributed by atoms with Gasteiger partial charge in [-0.15, -0.1) is 11.3 Å². The quantitative estimate of drug-likeness (QED) is 0.655. The molecule has 1 amide bonds. The largest absolute Gasteiger partial charge is 0.356 e. The molecule has 2 aliphatic rings. The predicted octanol–water partition coefficient (Wildman–Crippen LogP) is 4.59. The summed E-state index contributed by atoms with van der Waals surface area (Å²) in [5, 5.41) is 4.44. The van der Waals surface area contributed by atoms with Crippen LogP contribution in [0.5, 0.6) is 0 Å². The fraction of sp³-hybridized carbons (Fsp3) is 0.667. The Bertz CT molecular complexity index is 845. The van der Waals surface area contributed by atoms with Crippen LogP contribution < -0.4 is 10.2 Å². The Morgan fingerprint density at radius 1 is 1.27 bits per heavy atom. The lowest BCUT2D eigenvalue weighted by molar-refractivity contribution is -0.125. The molecule has 0 aromatic carbocycles. The van der Waals surface area contributed by atoms with Crippen molar-refractivity contribution in [3.8, 4) is 0 Å². The van der Waals surface area contributed by atoms with E-state index in [0.717, 1.165) is 57.3 Å². The number of fused-ring (bicyclic) bond motifs is 1. The molecule has 164 valence electrons. The van der Waals surface area contributed by atoms with Crippen LogP contribution in [-0.2, 0) is 4.79 Å². The maximum absolute atomic E-state index is 12.8. The second-order valence-corrected chi connectivity index (χ2v) is 10.4. The van der Waals surface area contributed by atoms with Gasteiger partial charge in [-0.25, -0.2) is 4.98 Å². The number of aromatic nitrogens is 1. The Kier molecular flexibility index (Phi) is 7.26. The van der Waals surface area contributed by atoms with Gasteiger partial charge in [0.25, 0.3) is 0 Å². The normalized spacial score (nSPS) is 20.8. The van der Waals surface area contributed by atoms with Crippen molar-refractivity contribution in [1.82, 2.24) is 15.2 Å². The van der Waals surface area contributed by atoms with Crippen LogP contribution in [0.1, 0.15) is 56.2 Å². The number of hydrogen-bond acceptors (Lipinski definition) is 5. The van der Waals surface area contributed by atoms with Gasteiger partial charge in [0, 0.05) is 46.8 Å². The van der Waals surface area contributed by atoms with Crippen LogP contribution in [0, 0.1) is 12.8 Å². The summed E-state index contributed by atoms with van der Waals surface area (Å²) in [6.07, 6.45) is 11.8. The summed E-state index contributed by atoms with van der Waals surface area (Å²) in [6.45, 7) is 5.76. The summed E-state index contributed by atoms with van der Waals surface area (Å²) in [5.41, 5.74) is 0. The standard InChI is InChI=1S/C24H36N4OS/c1-18-16-21-22(30-18)11-13-25-23(21)28-15-6-8-19(17-28)24(29)26-12-7-14-27(2)20-9-4-3-5-10-20/h11,13,16,19-20H,3-10,12,14-15,17H2,1-2H3,(H,26,29)/t19-/m1/s1. The Hall–Kier alpha value is -1.66. The maximum Gasteiger partial charge on any atom is 0.224 e. The highest BCUT2D eigenvalue weighted by Crippen LogP contribution is 2.33. The van der Waals surface area contributed by atoms with E-state index in [1.807, 2.05) is 17.5 Å². The second-order valence-electron chi connectivity index (χ2n) is 9.11. The third-order valence-electron chi connectivity index (χ3n) is 6.82. The number of nitrogens with one attached hydrogen (secondary N) is 1. The highest BCUT2D eigenvalue weighted by molar-refractivity contribution is 7.19. The average molecular weight is 429 g/mol. The Morgan fingerprint density at radius 2 is 2.10 bits per heavy atom. The van der Waals surface area contributed by atoms with E-state index in [1.165, 1.54) is 47.1 Å². The molecule has 0 radical (unpaired) electrons. The third kappa shape index (κ3) is 5.14. The first-order chi connectivity index (χ1) is 14.6. The number of nitrogens with zero attached hydrogens (tertiary/aromatic N) is 3. The van der Waals surface area contributed by atoms with Gasteiger partial charge < -0.3 is 15.1 Å². The van der Waals surface area contributed by atoms with E-state index < -0.39 is 0 Å². The number of thiophene rings is 1. The summed E-state index contributed by atoms with van der Waals surface area (Å²) in [4.78, 5) is 23.6. The number of anilines is 1. The molecular formula is C24H36N4OS. The number of piperidine rings is 1. The average Bonchev–Trinajstić information content (AvgIpc) is 3.17. The van der Waals surface area contributed by atoms with Crippen LogP contribution in [0.4, 0.5) is 5.82 Å². The van der Waals surface area contributed by atoms with E-state index in [0.29, 0.717) is 0 Å². The third-order valence-corrected chi connectivity index (χ3v) is 7.84. The fourth-order valence-electron chi connectivity index (χ4n) is 5.10. The Labute approximate surface area is 184 Å². The molecule has 1 aliphatic heterocycles. The molecule has 1 saturated heterocycles. The first-order valence-electron chi connectivity index (χ1n) is 11.7.